The predicted molar refractivity (Wildman–Crippen MR) is 126 cm³/mol. The van der Waals surface area contributed by atoms with Crippen molar-refractivity contribution in [3.63, 3.8) is 0 Å². The summed E-state index contributed by atoms with van der Waals surface area (Å²) in [6.45, 7) is 0. The summed E-state index contributed by atoms with van der Waals surface area (Å²) < 4.78 is 0. The fourth-order valence-corrected chi connectivity index (χ4v) is 4.41. The Morgan fingerprint density at radius 1 is 0.414 bits per heavy atom. The monoisotopic (exact) mass is 369 g/mol. The van der Waals surface area contributed by atoms with Crippen LogP contribution in [-0.4, -0.2) is 0 Å². The molecule has 136 valence electrons. The van der Waals surface area contributed by atoms with Crippen LogP contribution in [0.1, 0.15) is 0 Å². The SMILES string of the molecule is Nc1c(-c2ccccc2)ccc2cc3cc4cc5ccccc5cc4cc3cc12. The second kappa shape index (κ2) is 6.08. The number of hydrogen-bond donors (Lipinski definition) is 1. The number of fused-ring (bicyclic) bond motifs is 4. The second-order valence-electron chi connectivity index (χ2n) is 7.71. The van der Waals surface area contributed by atoms with Gasteiger partial charge in [-0.1, -0.05) is 66.7 Å². The molecule has 0 spiro atoms. The summed E-state index contributed by atoms with van der Waals surface area (Å²) in [6, 6.07) is 36.8. The molecule has 0 aliphatic rings. The molecule has 0 aliphatic carbocycles. The standard InChI is InChI=1S/C28H19N/c29-28-26(18-6-2-1-3-7-18)11-10-21-14-24-15-22-12-19-8-4-5-9-20(19)13-23(22)16-25(24)17-27(21)28/h1-17H,29H2. The highest BCUT2D eigenvalue weighted by atomic mass is 14.6. The van der Waals surface area contributed by atoms with E-state index < -0.39 is 0 Å². The summed E-state index contributed by atoms with van der Waals surface area (Å²) in [5.74, 6) is 0. The average Bonchev–Trinajstić information content (AvgIpc) is 2.76. The Morgan fingerprint density at radius 2 is 0.931 bits per heavy atom. The van der Waals surface area contributed by atoms with Crippen LogP contribution in [0.3, 0.4) is 0 Å². The smallest absolute Gasteiger partial charge is 0.0473 e. The molecule has 1 nitrogen and oxygen atoms in total. The second-order valence-corrected chi connectivity index (χ2v) is 7.71. The number of nitrogens with two attached hydrogens (primary N) is 1. The van der Waals surface area contributed by atoms with Crippen LogP contribution in [0.25, 0.3) is 54.2 Å². The topological polar surface area (TPSA) is 26.0 Å². The summed E-state index contributed by atoms with van der Waals surface area (Å²) in [5, 5.41) is 9.82. The molecular formula is C28H19N. The van der Waals surface area contributed by atoms with Crippen molar-refractivity contribution in [3.05, 3.63) is 103 Å². The minimum atomic E-state index is 0.842. The van der Waals surface area contributed by atoms with Crippen molar-refractivity contribution in [3.8, 4) is 11.1 Å². The van der Waals surface area contributed by atoms with Gasteiger partial charge in [-0.15, -0.1) is 0 Å². The number of hydrogen-bond acceptors (Lipinski definition) is 1. The van der Waals surface area contributed by atoms with E-state index in [1.54, 1.807) is 0 Å². The highest BCUT2D eigenvalue weighted by Crippen LogP contribution is 2.36. The van der Waals surface area contributed by atoms with E-state index in [1.807, 2.05) is 6.07 Å². The average molecular weight is 369 g/mol. The Bertz CT molecular complexity index is 1550. The normalized spacial score (nSPS) is 11.6. The van der Waals surface area contributed by atoms with Gasteiger partial charge < -0.3 is 5.73 Å². The third kappa shape index (κ3) is 2.55. The molecular weight excluding hydrogens is 350 g/mol. The maximum Gasteiger partial charge on any atom is 0.0473 e. The first-order valence-corrected chi connectivity index (χ1v) is 9.90. The van der Waals surface area contributed by atoms with Crippen molar-refractivity contribution < 1.29 is 0 Å². The highest BCUT2D eigenvalue weighted by Gasteiger charge is 2.09. The van der Waals surface area contributed by atoms with E-state index >= 15 is 0 Å². The van der Waals surface area contributed by atoms with Crippen LogP contribution in [0.2, 0.25) is 0 Å². The van der Waals surface area contributed by atoms with E-state index in [1.165, 1.54) is 37.7 Å². The van der Waals surface area contributed by atoms with E-state index in [0.29, 0.717) is 0 Å². The maximum atomic E-state index is 6.63. The van der Waals surface area contributed by atoms with Gasteiger partial charge >= 0.3 is 0 Å². The largest absolute Gasteiger partial charge is 0.398 e. The molecule has 0 bridgehead atoms. The number of anilines is 1. The first-order valence-electron chi connectivity index (χ1n) is 9.90. The van der Waals surface area contributed by atoms with Gasteiger partial charge in [0.15, 0.2) is 0 Å². The summed E-state index contributed by atoms with van der Waals surface area (Å²) in [4.78, 5) is 0. The molecule has 6 aromatic rings. The van der Waals surface area contributed by atoms with Crippen LogP contribution < -0.4 is 5.73 Å². The molecule has 0 saturated carbocycles. The van der Waals surface area contributed by atoms with Crippen LogP contribution in [-0.2, 0) is 0 Å². The van der Waals surface area contributed by atoms with E-state index in [2.05, 4.69) is 97.1 Å². The first-order chi connectivity index (χ1) is 14.3. The molecule has 0 radical (unpaired) electrons. The van der Waals surface area contributed by atoms with Crippen molar-refractivity contribution in [1.29, 1.82) is 0 Å². The molecule has 0 fully saturated rings. The molecule has 0 unspecified atom stereocenters. The lowest BCUT2D eigenvalue weighted by atomic mass is 9.94. The molecule has 6 rings (SSSR count). The van der Waals surface area contributed by atoms with Gasteiger partial charge in [-0.05, 0) is 79.7 Å². The predicted octanol–water partition coefficient (Wildman–Crippen LogP) is 7.55. The van der Waals surface area contributed by atoms with Crippen LogP contribution in [0.15, 0.2) is 103 Å². The van der Waals surface area contributed by atoms with Gasteiger partial charge in [-0.2, -0.15) is 0 Å². The molecule has 0 saturated heterocycles. The van der Waals surface area contributed by atoms with Gasteiger partial charge in [0.2, 0.25) is 0 Å². The molecule has 2 N–H and O–H groups in total. The molecule has 29 heavy (non-hydrogen) atoms. The molecule has 0 atom stereocenters. The van der Waals surface area contributed by atoms with E-state index in [-0.39, 0.29) is 0 Å². The van der Waals surface area contributed by atoms with Gasteiger partial charge in [0.05, 0.1) is 0 Å². The van der Waals surface area contributed by atoms with E-state index in [4.69, 9.17) is 5.73 Å². The summed E-state index contributed by atoms with van der Waals surface area (Å²) in [7, 11) is 0. The van der Waals surface area contributed by atoms with Gasteiger partial charge in [-0.25, -0.2) is 0 Å². The summed E-state index contributed by atoms with van der Waals surface area (Å²) in [5.41, 5.74) is 9.71. The van der Waals surface area contributed by atoms with Gasteiger partial charge in [0.1, 0.15) is 0 Å². The molecule has 1 heteroatoms. The summed E-state index contributed by atoms with van der Waals surface area (Å²) >= 11 is 0. The molecule has 0 amide bonds. The molecule has 0 heterocycles. The lowest BCUT2D eigenvalue weighted by Gasteiger charge is -2.12. The molecule has 6 aromatic carbocycles. The van der Waals surface area contributed by atoms with Crippen LogP contribution in [0.5, 0.6) is 0 Å². The van der Waals surface area contributed by atoms with Gasteiger partial charge in [0, 0.05) is 16.6 Å². The fourth-order valence-electron chi connectivity index (χ4n) is 4.41. The Morgan fingerprint density at radius 3 is 1.59 bits per heavy atom. The number of benzene rings is 6. The zero-order valence-corrected chi connectivity index (χ0v) is 15.9. The minimum Gasteiger partial charge on any atom is -0.398 e. The minimum absolute atomic E-state index is 0.842. The van der Waals surface area contributed by atoms with Crippen LogP contribution in [0.4, 0.5) is 5.69 Å². The van der Waals surface area contributed by atoms with E-state index in [0.717, 1.165) is 22.2 Å². The van der Waals surface area contributed by atoms with Gasteiger partial charge in [-0.3, -0.25) is 0 Å². The van der Waals surface area contributed by atoms with Crippen molar-refractivity contribution in [1.82, 2.24) is 0 Å². The highest BCUT2D eigenvalue weighted by molar-refractivity contribution is 6.11. The van der Waals surface area contributed by atoms with Crippen molar-refractivity contribution in [2.75, 3.05) is 5.73 Å². The van der Waals surface area contributed by atoms with Crippen molar-refractivity contribution in [2.45, 2.75) is 0 Å². The van der Waals surface area contributed by atoms with Crippen molar-refractivity contribution >= 4 is 48.8 Å². The lowest BCUT2D eigenvalue weighted by Crippen LogP contribution is -1.92. The Kier molecular flexibility index (Phi) is 3.39. The maximum absolute atomic E-state index is 6.63. The van der Waals surface area contributed by atoms with Gasteiger partial charge in [0.25, 0.3) is 0 Å². The molecule has 0 aliphatic heterocycles. The fraction of sp³-hybridized carbons (Fsp3) is 0. The number of rotatable bonds is 1. The molecule has 0 aromatic heterocycles. The van der Waals surface area contributed by atoms with Crippen molar-refractivity contribution in [2.24, 2.45) is 0 Å². The Balaban J connectivity index is 1.64. The third-order valence-electron chi connectivity index (χ3n) is 5.92. The lowest BCUT2D eigenvalue weighted by molar-refractivity contribution is 1.64. The quantitative estimate of drug-likeness (QED) is 0.235. The Hall–Kier alpha value is -3.84. The summed E-state index contributed by atoms with van der Waals surface area (Å²) in [6.07, 6.45) is 0. The Labute approximate surface area is 169 Å². The first kappa shape index (κ1) is 16.1. The zero-order chi connectivity index (χ0) is 19.4. The van der Waals surface area contributed by atoms with Crippen LogP contribution in [0, 0.1) is 0 Å². The third-order valence-corrected chi connectivity index (χ3v) is 5.92. The van der Waals surface area contributed by atoms with Crippen LogP contribution >= 0.6 is 0 Å². The van der Waals surface area contributed by atoms with E-state index in [9.17, 15) is 0 Å². The number of nitrogen functional groups attached to an aromatic ring is 1. The zero-order valence-electron chi connectivity index (χ0n) is 15.9.